The molecule has 1 saturated heterocycles. The minimum Gasteiger partial charge on any atom is -0.375 e. The highest BCUT2D eigenvalue weighted by Gasteiger charge is 2.26. The van der Waals surface area contributed by atoms with Gasteiger partial charge in [0.05, 0.1) is 25.2 Å². The summed E-state index contributed by atoms with van der Waals surface area (Å²) in [5.74, 6) is 0.0528. The zero-order valence-corrected chi connectivity index (χ0v) is 11.9. The SMILES string of the molecule is O=C(c1ccno1)N1CCO[C@@H](CCc2cc(=O)[nH]cn2)C1. The number of rotatable bonds is 4. The number of carbonyl (C=O) groups excluding carboxylic acids is 1. The van der Waals surface area contributed by atoms with Crippen LogP contribution in [0.4, 0.5) is 0 Å². The van der Waals surface area contributed by atoms with Gasteiger partial charge in [-0.2, -0.15) is 0 Å². The van der Waals surface area contributed by atoms with Crippen molar-refractivity contribution < 1.29 is 14.1 Å². The van der Waals surface area contributed by atoms with Gasteiger partial charge in [-0.3, -0.25) is 9.59 Å². The first-order valence-electron chi connectivity index (χ1n) is 7.07. The zero-order valence-electron chi connectivity index (χ0n) is 11.9. The predicted octanol–water partition coefficient (Wildman–Crippen LogP) is 0.232. The first-order valence-corrected chi connectivity index (χ1v) is 7.07. The molecule has 2 aromatic heterocycles. The van der Waals surface area contributed by atoms with Crippen LogP contribution in [0.3, 0.4) is 0 Å². The number of aromatic nitrogens is 3. The van der Waals surface area contributed by atoms with E-state index in [1.165, 1.54) is 18.6 Å². The Bertz CT molecular complexity index is 682. The first kappa shape index (κ1) is 14.5. The van der Waals surface area contributed by atoms with Gasteiger partial charge in [0, 0.05) is 30.9 Å². The van der Waals surface area contributed by atoms with Gasteiger partial charge < -0.3 is 19.1 Å². The van der Waals surface area contributed by atoms with Gasteiger partial charge in [0.1, 0.15) is 0 Å². The van der Waals surface area contributed by atoms with Crippen LogP contribution in [0.1, 0.15) is 22.7 Å². The van der Waals surface area contributed by atoms with Crippen molar-refractivity contribution in [3.05, 3.63) is 46.5 Å². The van der Waals surface area contributed by atoms with E-state index in [0.29, 0.717) is 38.2 Å². The van der Waals surface area contributed by atoms with Gasteiger partial charge in [0.25, 0.3) is 11.5 Å². The van der Waals surface area contributed by atoms with E-state index in [-0.39, 0.29) is 23.3 Å². The van der Waals surface area contributed by atoms with Crippen LogP contribution in [0.25, 0.3) is 0 Å². The van der Waals surface area contributed by atoms with Crippen LogP contribution in [0, 0.1) is 0 Å². The van der Waals surface area contributed by atoms with Crippen molar-refractivity contribution in [2.75, 3.05) is 19.7 Å². The Hall–Kier alpha value is -2.48. The van der Waals surface area contributed by atoms with Gasteiger partial charge >= 0.3 is 0 Å². The lowest BCUT2D eigenvalue weighted by Gasteiger charge is -2.32. The Morgan fingerprint density at radius 1 is 1.50 bits per heavy atom. The quantitative estimate of drug-likeness (QED) is 0.867. The number of aromatic amines is 1. The van der Waals surface area contributed by atoms with Crippen molar-refractivity contribution in [2.45, 2.75) is 18.9 Å². The Kier molecular flexibility index (Phi) is 4.29. The molecule has 1 aliphatic rings. The number of hydrogen-bond donors (Lipinski definition) is 1. The van der Waals surface area contributed by atoms with Crippen LogP contribution in [-0.2, 0) is 11.2 Å². The van der Waals surface area contributed by atoms with Gasteiger partial charge in [0.2, 0.25) is 5.76 Å². The lowest BCUT2D eigenvalue weighted by Crippen LogP contribution is -2.45. The lowest BCUT2D eigenvalue weighted by molar-refractivity contribution is -0.0258. The molecule has 0 aliphatic carbocycles. The van der Waals surface area contributed by atoms with Crippen molar-refractivity contribution in [1.82, 2.24) is 20.0 Å². The number of nitrogens with one attached hydrogen (secondary N) is 1. The predicted molar refractivity (Wildman–Crippen MR) is 75.3 cm³/mol. The lowest BCUT2D eigenvalue weighted by atomic mass is 10.1. The third-order valence-electron chi connectivity index (χ3n) is 3.53. The molecular formula is C14H16N4O4. The van der Waals surface area contributed by atoms with E-state index in [4.69, 9.17) is 9.26 Å². The van der Waals surface area contributed by atoms with E-state index in [1.807, 2.05) is 0 Å². The third-order valence-corrected chi connectivity index (χ3v) is 3.53. The molecule has 3 rings (SSSR count). The molecule has 116 valence electrons. The van der Waals surface area contributed by atoms with Crippen LogP contribution in [0.5, 0.6) is 0 Å². The molecule has 0 spiro atoms. The highest BCUT2D eigenvalue weighted by atomic mass is 16.5. The zero-order chi connectivity index (χ0) is 15.4. The van der Waals surface area contributed by atoms with E-state index in [9.17, 15) is 9.59 Å². The summed E-state index contributed by atoms with van der Waals surface area (Å²) in [4.78, 5) is 31.7. The summed E-state index contributed by atoms with van der Waals surface area (Å²) in [6.07, 6.45) is 4.07. The standard InChI is InChI=1S/C14H16N4O4/c19-13-7-10(15-9-16-13)1-2-11-8-18(5-6-21-11)14(20)12-3-4-17-22-12/h3-4,7,9,11H,1-2,5-6,8H2,(H,15,16,19)/t11-/m0/s1. The summed E-state index contributed by atoms with van der Waals surface area (Å²) in [6, 6.07) is 3.02. The topological polar surface area (TPSA) is 101 Å². The number of amides is 1. The van der Waals surface area contributed by atoms with Gasteiger partial charge in [-0.05, 0) is 12.8 Å². The minimum absolute atomic E-state index is 0.0818. The number of ether oxygens (including phenoxy) is 1. The maximum Gasteiger partial charge on any atom is 0.292 e. The summed E-state index contributed by atoms with van der Waals surface area (Å²) in [5, 5.41) is 3.55. The Labute approximate surface area is 126 Å². The molecule has 8 heteroatoms. The van der Waals surface area contributed by atoms with Crippen molar-refractivity contribution in [3.63, 3.8) is 0 Å². The normalized spacial score (nSPS) is 18.4. The first-order chi connectivity index (χ1) is 10.7. The molecule has 3 heterocycles. The summed E-state index contributed by atoms with van der Waals surface area (Å²) in [5.41, 5.74) is 0.544. The molecule has 8 nitrogen and oxygen atoms in total. The molecule has 0 bridgehead atoms. The maximum absolute atomic E-state index is 12.2. The molecule has 0 aromatic carbocycles. The van der Waals surface area contributed by atoms with Gasteiger partial charge in [-0.15, -0.1) is 0 Å². The third kappa shape index (κ3) is 3.40. The van der Waals surface area contributed by atoms with Crippen LogP contribution in [0.2, 0.25) is 0 Å². The van der Waals surface area contributed by atoms with Crippen molar-refractivity contribution in [1.29, 1.82) is 0 Å². The van der Waals surface area contributed by atoms with Crippen LogP contribution < -0.4 is 5.56 Å². The molecule has 0 radical (unpaired) electrons. The smallest absolute Gasteiger partial charge is 0.292 e. The minimum atomic E-state index is -0.180. The molecule has 2 aromatic rings. The van der Waals surface area contributed by atoms with Crippen LogP contribution >= 0.6 is 0 Å². The second-order valence-electron chi connectivity index (χ2n) is 5.06. The summed E-state index contributed by atoms with van der Waals surface area (Å²) < 4.78 is 10.6. The van der Waals surface area contributed by atoms with E-state index in [0.717, 1.165) is 0 Å². The summed E-state index contributed by atoms with van der Waals surface area (Å²) in [7, 11) is 0. The number of H-pyrrole nitrogens is 1. The molecule has 0 saturated carbocycles. The van der Waals surface area contributed by atoms with Gasteiger partial charge in [-0.25, -0.2) is 4.98 Å². The number of morpholine rings is 1. The average molecular weight is 304 g/mol. The van der Waals surface area contributed by atoms with Crippen LogP contribution in [-0.4, -0.2) is 51.7 Å². The van der Waals surface area contributed by atoms with Crippen molar-refractivity contribution in [2.24, 2.45) is 0 Å². The summed E-state index contributed by atoms with van der Waals surface area (Å²) in [6.45, 7) is 1.50. The number of carbonyl (C=O) groups is 1. The second-order valence-corrected chi connectivity index (χ2v) is 5.06. The molecule has 22 heavy (non-hydrogen) atoms. The number of aryl methyl sites for hydroxylation is 1. The molecule has 1 N–H and O–H groups in total. The highest BCUT2D eigenvalue weighted by molar-refractivity contribution is 5.91. The maximum atomic E-state index is 12.2. The molecule has 1 atom stereocenters. The Balaban J connectivity index is 1.56. The summed E-state index contributed by atoms with van der Waals surface area (Å²) >= 11 is 0. The Morgan fingerprint density at radius 3 is 3.18 bits per heavy atom. The molecule has 1 aliphatic heterocycles. The average Bonchev–Trinajstić information content (AvgIpc) is 3.07. The van der Waals surface area contributed by atoms with Gasteiger partial charge in [0.15, 0.2) is 0 Å². The van der Waals surface area contributed by atoms with E-state index in [2.05, 4.69) is 15.1 Å². The van der Waals surface area contributed by atoms with Crippen molar-refractivity contribution >= 4 is 5.91 Å². The molecular weight excluding hydrogens is 288 g/mol. The van der Waals surface area contributed by atoms with E-state index < -0.39 is 0 Å². The number of hydrogen-bond acceptors (Lipinski definition) is 6. The fourth-order valence-corrected chi connectivity index (χ4v) is 2.42. The molecule has 0 unspecified atom stereocenters. The monoisotopic (exact) mass is 304 g/mol. The van der Waals surface area contributed by atoms with Gasteiger partial charge in [-0.1, -0.05) is 5.16 Å². The largest absolute Gasteiger partial charge is 0.375 e. The fraction of sp³-hybridized carbons (Fsp3) is 0.429. The van der Waals surface area contributed by atoms with E-state index >= 15 is 0 Å². The fourth-order valence-electron chi connectivity index (χ4n) is 2.42. The second kappa shape index (κ2) is 6.52. The van der Waals surface area contributed by atoms with E-state index in [1.54, 1.807) is 11.0 Å². The molecule has 1 fully saturated rings. The number of nitrogens with zero attached hydrogens (tertiary/aromatic N) is 3. The molecule has 1 amide bonds. The Morgan fingerprint density at radius 2 is 2.41 bits per heavy atom. The van der Waals surface area contributed by atoms with Crippen LogP contribution in [0.15, 0.2) is 34.0 Å². The van der Waals surface area contributed by atoms with Crippen molar-refractivity contribution in [3.8, 4) is 0 Å². The highest BCUT2D eigenvalue weighted by Crippen LogP contribution is 2.14.